The number of hydrogen-bond acceptors (Lipinski definition) is 8. The molecular formula is C18H31N5O9. The third-order valence-corrected chi connectivity index (χ3v) is 4.34. The normalized spacial score (nSPS) is 15.6. The van der Waals surface area contributed by atoms with Crippen LogP contribution in [-0.2, 0) is 28.8 Å². The third-order valence-electron chi connectivity index (χ3n) is 4.34. The van der Waals surface area contributed by atoms with Gasteiger partial charge < -0.3 is 42.7 Å². The zero-order valence-electron chi connectivity index (χ0n) is 18.0. The van der Waals surface area contributed by atoms with Gasteiger partial charge in [-0.2, -0.15) is 0 Å². The smallest absolute Gasteiger partial charge is 0.328 e. The summed E-state index contributed by atoms with van der Waals surface area (Å²) in [4.78, 5) is 70.4. The Bertz CT molecular complexity index is 726. The molecule has 0 aliphatic heterocycles. The van der Waals surface area contributed by atoms with E-state index in [2.05, 4.69) is 10.6 Å². The Morgan fingerprint density at radius 1 is 0.844 bits per heavy atom. The second kappa shape index (κ2) is 13.2. The van der Waals surface area contributed by atoms with E-state index in [4.69, 9.17) is 21.7 Å². The predicted octanol–water partition coefficient (Wildman–Crippen LogP) is -3.37. The van der Waals surface area contributed by atoms with Gasteiger partial charge in [0, 0.05) is 6.42 Å². The highest BCUT2D eigenvalue weighted by Crippen LogP contribution is 2.06. The van der Waals surface area contributed by atoms with E-state index in [1.165, 1.54) is 0 Å². The lowest BCUT2D eigenvalue weighted by atomic mass is 10.0. The molecule has 14 nitrogen and oxygen atoms in total. The Kier molecular flexibility index (Phi) is 11.9. The molecule has 0 spiro atoms. The number of carbonyl (C=O) groups excluding carboxylic acids is 4. The molecule has 0 radical (unpaired) electrons. The van der Waals surface area contributed by atoms with Crippen LogP contribution in [0.1, 0.15) is 40.0 Å². The summed E-state index contributed by atoms with van der Waals surface area (Å²) in [6.45, 7) is 4.24. The van der Waals surface area contributed by atoms with Crippen LogP contribution in [0.4, 0.5) is 0 Å². The van der Waals surface area contributed by atoms with Crippen molar-refractivity contribution in [1.82, 2.24) is 16.0 Å². The number of carbonyl (C=O) groups is 6. The van der Waals surface area contributed by atoms with Crippen LogP contribution < -0.4 is 27.4 Å². The molecule has 5 unspecified atom stereocenters. The lowest BCUT2D eigenvalue weighted by molar-refractivity contribution is -0.146. The van der Waals surface area contributed by atoms with Crippen LogP contribution in [-0.4, -0.2) is 81.2 Å². The highest BCUT2D eigenvalue weighted by atomic mass is 16.4. The number of nitrogens with two attached hydrogens (primary N) is 2. The molecule has 0 bridgehead atoms. The van der Waals surface area contributed by atoms with E-state index in [0.29, 0.717) is 0 Å². The number of aliphatic hydroxyl groups is 1. The molecule has 0 aliphatic carbocycles. The summed E-state index contributed by atoms with van der Waals surface area (Å²) in [5.41, 5.74) is 10.7. The van der Waals surface area contributed by atoms with Crippen molar-refractivity contribution >= 4 is 35.6 Å². The van der Waals surface area contributed by atoms with Gasteiger partial charge in [-0.1, -0.05) is 13.8 Å². The van der Waals surface area contributed by atoms with Crippen LogP contribution in [0.2, 0.25) is 0 Å². The van der Waals surface area contributed by atoms with Crippen LogP contribution in [0, 0.1) is 5.92 Å². The zero-order chi connectivity index (χ0) is 25.2. The highest BCUT2D eigenvalue weighted by molar-refractivity contribution is 5.95. The number of carboxylic acid groups (broad SMARTS) is 2. The van der Waals surface area contributed by atoms with Crippen molar-refractivity contribution < 1.29 is 44.1 Å². The van der Waals surface area contributed by atoms with Crippen LogP contribution in [0.3, 0.4) is 0 Å². The Balaban J connectivity index is 5.41. The average molecular weight is 461 g/mol. The first-order valence-electron chi connectivity index (χ1n) is 9.75. The minimum atomic E-state index is -1.74. The van der Waals surface area contributed by atoms with Gasteiger partial charge in [-0.05, 0) is 19.3 Å². The molecule has 0 rings (SSSR count). The molecule has 0 saturated carbocycles. The molecule has 0 aliphatic rings. The van der Waals surface area contributed by atoms with Crippen molar-refractivity contribution in [2.24, 2.45) is 17.4 Å². The average Bonchev–Trinajstić information content (AvgIpc) is 2.65. The second-order valence-electron chi connectivity index (χ2n) is 7.57. The van der Waals surface area contributed by atoms with E-state index in [9.17, 15) is 33.9 Å². The molecule has 0 aromatic rings. The number of rotatable bonds is 14. The summed E-state index contributed by atoms with van der Waals surface area (Å²) in [6, 6.07) is -5.79. The molecule has 5 atom stereocenters. The maximum Gasteiger partial charge on any atom is 0.328 e. The van der Waals surface area contributed by atoms with Crippen LogP contribution >= 0.6 is 0 Å². The Morgan fingerprint density at radius 2 is 1.38 bits per heavy atom. The number of carboxylic acids is 2. The maximum atomic E-state index is 12.7. The summed E-state index contributed by atoms with van der Waals surface area (Å²) in [6.07, 6.45) is -2.60. The van der Waals surface area contributed by atoms with E-state index in [1.807, 2.05) is 5.32 Å². The van der Waals surface area contributed by atoms with E-state index in [-0.39, 0.29) is 12.8 Å². The first kappa shape index (κ1) is 28.7. The lowest BCUT2D eigenvalue weighted by Crippen LogP contribution is -2.59. The molecule has 0 fully saturated rings. The Hall–Kier alpha value is -3.26. The van der Waals surface area contributed by atoms with Gasteiger partial charge in [0.2, 0.25) is 23.6 Å². The topological polar surface area (TPSA) is 251 Å². The van der Waals surface area contributed by atoms with Gasteiger partial charge in [0.1, 0.15) is 12.1 Å². The predicted molar refractivity (Wildman–Crippen MR) is 109 cm³/mol. The molecule has 32 heavy (non-hydrogen) atoms. The van der Waals surface area contributed by atoms with Gasteiger partial charge in [0.25, 0.3) is 0 Å². The molecule has 182 valence electrons. The summed E-state index contributed by atoms with van der Waals surface area (Å²) in [7, 11) is 0. The lowest BCUT2D eigenvalue weighted by Gasteiger charge is -2.26. The second-order valence-corrected chi connectivity index (χ2v) is 7.57. The number of hydrogen-bond donors (Lipinski definition) is 8. The van der Waals surface area contributed by atoms with Gasteiger partial charge in [-0.25, -0.2) is 4.79 Å². The highest BCUT2D eigenvalue weighted by Gasteiger charge is 2.33. The third kappa shape index (κ3) is 10.2. The quantitative estimate of drug-likeness (QED) is 0.127. The Morgan fingerprint density at radius 3 is 1.78 bits per heavy atom. The van der Waals surface area contributed by atoms with Gasteiger partial charge >= 0.3 is 11.9 Å². The monoisotopic (exact) mass is 461 g/mol. The molecule has 0 aromatic heterocycles. The molecular weight excluding hydrogens is 430 g/mol. The standard InChI is InChI=1S/C18H31N5O9/c1-7(2)13(22-15(28)9(19)4-5-11(20)25)17(30)21-10(6-12(26)27)16(29)23-14(8(3)24)18(31)32/h7-10,13-14,24H,4-6,19H2,1-3H3,(H2,20,25)(H,21,30)(H,22,28)(H,23,29)(H,26,27)(H,31,32). The van der Waals surface area contributed by atoms with Crippen LogP contribution in [0.5, 0.6) is 0 Å². The van der Waals surface area contributed by atoms with Gasteiger partial charge in [0.05, 0.1) is 18.6 Å². The fourth-order valence-electron chi connectivity index (χ4n) is 2.51. The van der Waals surface area contributed by atoms with Gasteiger partial charge in [-0.15, -0.1) is 0 Å². The molecule has 4 amide bonds. The first-order valence-corrected chi connectivity index (χ1v) is 9.75. The van der Waals surface area contributed by atoms with E-state index < -0.39 is 78.2 Å². The molecule has 0 saturated heterocycles. The van der Waals surface area contributed by atoms with E-state index >= 15 is 0 Å². The molecule has 0 aromatic carbocycles. The summed E-state index contributed by atoms with van der Waals surface area (Å²) >= 11 is 0. The number of aliphatic carboxylic acids is 2. The van der Waals surface area contributed by atoms with Crippen molar-refractivity contribution in [3.05, 3.63) is 0 Å². The minimum Gasteiger partial charge on any atom is -0.481 e. The van der Waals surface area contributed by atoms with Crippen LogP contribution in [0.25, 0.3) is 0 Å². The summed E-state index contributed by atoms with van der Waals surface area (Å²) in [5, 5.41) is 34.1. The van der Waals surface area contributed by atoms with E-state index in [0.717, 1.165) is 6.92 Å². The zero-order valence-corrected chi connectivity index (χ0v) is 18.0. The van der Waals surface area contributed by atoms with Crippen molar-refractivity contribution in [3.63, 3.8) is 0 Å². The first-order chi connectivity index (χ1) is 14.7. The summed E-state index contributed by atoms with van der Waals surface area (Å²) in [5.74, 6) is -7.04. The fourth-order valence-corrected chi connectivity index (χ4v) is 2.51. The van der Waals surface area contributed by atoms with Crippen molar-refractivity contribution in [3.8, 4) is 0 Å². The molecule has 14 heteroatoms. The molecule has 10 N–H and O–H groups in total. The molecule has 0 heterocycles. The van der Waals surface area contributed by atoms with Crippen molar-refractivity contribution in [1.29, 1.82) is 0 Å². The van der Waals surface area contributed by atoms with E-state index in [1.54, 1.807) is 13.8 Å². The van der Waals surface area contributed by atoms with Gasteiger partial charge in [-0.3, -0.25) is 24.0 Å². The van der Waals surface area contributed by atoms with Gasteiger partial charge in [0.15, 0.2) is 6.04 Å². The maximum absolute atomic E-state index is 12.7. The van der Waals surface area contributed by atoms with Crippen molar-refractivity contribution in [2.75, 3.05) is 0 Å². The largest absolute Gasteiger partial charge is 0.481 e. The fraction of sp³-hybridized carbons (Fsp3) is 0.667. The van der Waals surface area contributed by atoms with Crippen molar-refractivity contribution in [2.45, 2.75) is 70.3 Å². The number of amides is 4. The van der Waals surface area contributed by atoms with Crippen LogP contribution in [0.15, 0.2) is 0 Å². The number of aliphatic hydroxyl groups excluding tert-OH is 1. The number of nitrogens with one attached hydrogen (secondary N) is 3. The Labute approximate surface area is 184 Å². The SMILES string of the molecule is CC(C)C(NC(=O)C(N)CCC(N)=O)C(=O)NC(CC(=O)O)C(=O)NC(C(=O)O)C(C)O. The minimum absolute atomic E-state index is 0.0619. The summed E-state index contributed by atoms with van der Waals surface area (Å²) < 4.78 is 0. The number of primary amides is 1.